The van der Waals surface area contributed by atoms with E-state index >= 15 is 0 Å². The summed E-state index contributed by atoms with van der Waals surface area (Å²) in [7, 11) is 1.96. The molecule has 5 heteroatoms. The monoisotopic (exact) mass is 321 g/mol. The molecule has 1 aromatic heterocycles. The second-order valence-corrected chi connectivity index (χ2v) is 5.16. The van der Waals surface area contributed by atoms with Gasteiger partial charge in [0.1, 0.15) is 10.8 Å². The molecule has 0 fully saturated rings. The van der Waals surface area contributed by atoms with Crippen LogP contribution in [-0.4, -0.2) is 17.0 Å². The van der Waals surface area contributed by atoms with Crippen molar-refractivity contribution in [3.05, 3.63) is 52.6 Å². The highest BCUT2D eigenvalue weighted by Gasteiger charge is 2.05. The molecule has 0 spiro atoms. The molecule has 92 valence electrons. The Bertz CT molecular complexity index is 551. The third-order valence-electron chi connectivity index (χ3n) is 2.59. The number of benzene rings is 1. The third kappa shape index (κ3) is 2.86. The Balaban J connectivity index is 2.25. The van der Waals surface area contributed by atoms with E-state index < -0.39 is 0 Å². The standard InChI is InChI=1S/C13H12BrN3S/c1-17(12-7-4-10(14)8-16-12)11-5-2-9(3-6-11)13(15)18/h2-8H,1H3,(H2,15,18). The Labute approximate surface area is 120 Å². The first-order valence-corrected chi connectivity index (χ1v) is 6.53. The van der Waals surface area contributed by atoms with Gasteiger partial charge in [0.25, 0.3) is 0 Å². The lowest BCUT2D eigenvalue weighted by Gasteiger charge is -2.18. The van der Waals surface area contributed by atoms with Crippen molar-refractivity contribution in [3.63, 3.8) is 0 Å². The lowest BCUT2D eigenvalue weighted by atomic mass is 10.2. The lowest BCUT2D eigenvalue weighted by molar-refractivity contribution is 1.12. The molecule has 1 aromatic carbocycles. The molecule has 0 saturated carbocycles. The minimum Gasteiger partial charge on any atom is -0.389 e. The Kier molecular flexibility index (Phi) is 3.93. The number of nitrogens with zero attached hydrogens (tertiary/aromatic N) is 2. The fraction of sp³-hybridized carbons (Fsp3) is 0.0769. The number of rotatable bonds is 3. The van der Waals surface area contributed by atoms with Crippen molar-refractivity contribution in [2.24, 2.45) is 5.73 Å². The summed E-state index contributed by atoms with van der Waals surface area (Å²) in [5.41, 5.74) is 7.47. The van der Waals surface area contributed by atoms with Gasteiger partial charge in [0, 0.05) is 29.0 Å². The third-order valence-corrected chi connectivity index (χ3v) is 3.30. The van der Waals surface area contributed by atoms with Crippen molar-refractivity contribution in [2.45, 2.75) is 0 Å². The number of aromatic nitrogens is 1. The van der Waals surface area contributed by atoms with Gasteiger partial charge in [0.15, 0.2) is 0 Å². The summed E-state index contributed by atoms with van der Waals surface area (Å²) >= 11 is 8.29. The molecule has 0 amide bonds. The molecule has 0 bridgehead atoms. The molecule has 2 rings (SSSR count). The van der Waals surface area contributed by atoms with E-state index in [4.69, 9.17) is 18.0 Å². The Morgan fingerprint density at radius 1 is 1.22 bits per heavy atom. The predicted octanol–water partition coefficient (Wildman–Crippen LogP) is 3.25. The van der Waals surface area contributed by atoms with Crippen molar-refractivity contribution in [1.29, 1.82) is 0 Å². The average molecular weight is 322 g/mol. The zero-order chi connectivity index (χ0) is 13.1. The van der Waals surface area contributed by atoms with E-state index in [2.05, 4.69) is 20.9 Å². The normalized spacial score (nSPS) is 10.1. The largest absolute Gasteiger partial charge is 0.389 e. The number of halogens is 1. The first kappa shape index (κ1) is 13.0. The highest BCUT2D eigenvalue weighted by atomic mass is 79.9. The van der Waals surface area contributed by atoms with Crippen LogP contribution in [0.1, 0.15) is 5.56 Å². The highest BCUT2D eigenvalue weighted by molar-refractivity contribution is 9.10. The molecule has 0 atom stereocenters. The van der Waals surface area contributed by atoms with Gasteiger partial charge in [-0.15, -0.1) is 0 Å². The summed E-state index contributed by atoms with van der Waals surface area (Å²) in [6.45, 7) is 0. The molecule has 0 saturated heterocycles. The van der Waals surface area contributed by atoms with E-state index in [1.165, 1.54) is 0 Å². The quantitative estimate of drug-likeness (QED) is 0.881. The Morgan fingerprint density at radius 2 is 1.89 bits per heavy atom. The second-order valence-electron chi connectivity index (χ2n) is 3.80. The van der Waals surface area contributed by atoms with Crippen LogP contribution in [0.3, 0.4) is 0 Å². The molecule has 0 aliphatic rings. The summed E-state index contributed by atoms with van der Waals surface area (Å²) in [4.78, 5) is 6.74. The van der Waals surface area contributed by atoms with E-state index in [9.17, 15) is 0 Å². The molecule has 0 radical (unpaired) electrons. The molecule has 3 nitrogen and oxygen atoms in total. The molecular weight excluding hydrogens is 310 g/mol. The maximum Gasteiger partial charge on any atom is 0.132 e. The van der Waals surface area contributed by atoms with Crippen LogP contribution in [0.25, 0.3) is 0 Å². The smallest absolute Gasteiger partial charge is 0.132 e. The topological polar surface area (TPSA) is 42.1 Å². The minimum absolute atomic E-state index is 0.408. The molecular formula is C13H12BrN3S. The van der Waals surface area contributed by atoms with Crippen molar-refractivity contribution in [3.8, 4) is 0 Å². The average Bonchev–Trinajstić information content (AvgIpc) is 2.39. The molecule has 1 heterocycles. The fourth-order valence-electron chi connectivity index (χ4n) is 1.55. The summed E-state index contributed by atoms with van der Waals surface area (Å²) in [6, 6.07) is 11.7. The van der Waals surface area contributed by atoms with E-state index in [1.807, 2.05) is 48.3 Å². The van der Waals surface area contributed by atoms with E-state index in [0.717, 1.165) is 21.5 Å². The minimum atomic E-state index is 0.408. The summed E-state index contributed by atoms with van der Waals surface area (Å²) in [5, 5.41) is 0. The summed E-state index contributed by atoms with van der Waals surface area (Å²) in [6.07, 6.45) is 1.77. The molecule has 0 aliphatic carbocycles. The SMILES string of the molecule is CN(c1ccc(C(N)=S)cc1)c1ccc(Br)cn1. The predicted molar refractivity (Wildman–Crippen MR) is 82.3 cm³/mol. The molecule has 18 heavy (non-hydrogen) atoms. The first-order valence-electron chi connectivity index (χ1n) is 5.33. The fourth-order valence-corrected chi connectivity index (χ4v) is 1.92. The number of hydrogen-bond acceptors (Lipinski definition) is 3. The van der Waals surface area contributed by atoms with Gasteiger partial charge < -0.3 is 10.6 Å². The second kappa shape index (κ2) is 5.46. The van der Waals surface area contributed by atoms with Crippen molar-refractivity contribution < 1.29 is 0 Å². The van der Waals surface area contributed by atoms with Crippen LogP contribution in [0.5, 0.6) is 0 Å². The highest BCUT2D eigenvalue weighted by Crippen LogP contribution is 2.22. The first-order chi connectivity index (χ1) is 8.58. The molecule has 2 aromatic rings. The van der Waals surface area contributed by atoms with E-state index in [0.29, 0.717) is 4.99 Å². The van der Waals surface area contributed by atoms with Crippen LogP contribution >= 0.6 is 28.1 Å². The van der Waals surface area contributed by atoms with Crippen molar-refractivity contribution in [2.75, 3.05) is 11.9 Å². The Hall–Kier alpha value is -1.46. The van der Waals surface area contributed by atoms with Gasteiger partial charge >= 0.3 is 0 Å². The zero-order valence-electron chi connectivity index (χ0n) is 9.80. The van der Waals surface area contributed by atoms with Gasteiger partial charge in [-0.3, -0.25) is 0 Å². The molecule has 2 N–H and O–H groups in total. The molecule has 0 unspecified atom stereocenters. The van der Waals surface area contributed by atoms with Gasteiger partial charge in [-0.2, -0.15) is 0 Å². The summed E-state index contributed by atoms with van der Waals surface area (Å²) < 4.78 is 0.962. The maximum atomic E-state index is 5.57. The Morgan fingerprint density at radius 3 is 2.39 bits per heavy atom. The number of hydrogen-bond donors (Lipinski definition) is 1. The van der Waals surface area contributed by atoms with Gasteiger partial charge in [-0.25, -0.2) is 4.98 Å². The van der Waals surface area contributed by atoms with Crippen molar-refractivity contribution >= 4 is 44.6 Å². The summed E-state index contributed by atoms with van der Waals surface area (Å²) in [5.74, 6) is 0.876. The van der Waals surface area contributed by atoms with Gasteiger partial charge in [0.05, 0.1) is 0 Å². The van der Waals surface area contributed by atoms with Gasteiger partial charge in [0.2, 0.25) is 0 Å². The number of thiocarbonyl (C=S) groups is 1. The van der Waals surface area contributed by atoms with Gasteiger partial charge in [-0.1, -0.05) is 12.2 Å². The van der Waals surface area contributed by atoms with Crippen LogP contribution in [-0.2, 0) is 0 Å². The van der Waals surface area contributed by atoms with E-state index in [1.54, 1.807) is 6.20 Å². The maximum absolute atomic E-state index is 5.57. The number of anilines is 2. The zero-order valence-corrected chi connectivity index (χ0v) is 12.2. The van der Waals surface area contributed by atoms with Crippen LogP contribution in [0.4, 0.5) is 11.5 Å². The van der Waals surface area contributed by atoms with Crippen molar-refractivity contribution in [1.82, 2.24) is 4.98 Å². The van der Waals surface area contributed by atoms with E-state index in [-0.39, 0.29) is 0 Å². The van der Waals surface area contributed by atoms with Crippen LogP contribution < -0.4 is 10.6 Å². The van der Waals surface area contributed by atoms with Crippen LogP contribution in [0.15, 0.2) is 47.1 Å². The van der Waals surface area contributed by atoms with Gasteiger partial charge in [-0.05, 0) is 52.3 Å². The molecule has 0 aliphatic heterocycles. The van der Waals surface area contributed by atoms with Crippen LogP contribution in [0, 0.1) is 0 Å². The van der Waals surface area contributed by atoms with Crippen LogP contribution in [0.2, 0.25) is 0 Å². The number of pyridine rings is 1. The number of nitrogens with two attached hydrogens (primary N) is 1. The lowest BCUT2D eigenvalue weighted by Crippen LogP contribution is -2.12.